The lowest BCUT2D eigenvalue weighted by molar-refractivity contribution is 0.0665. The number of carboxylic acids is 1. The Labute approximate surface area is 60.2 Å². The molecule has 0 atom stereocenters. The van der Waals surface area contributed by atoms with Gasteiger partial charge in [-0.2, -0.15) is 0 Å². The predicted octanol–water partition coefficient (Wildman–Crippen LogP) is 1.12. The summed E-state index contributed by atoms with van der Waals surface area (Å²) in [5.74, 6) is -1.25. The second-order valence-corrected chi connectivity index (χ2v) is 1.97. The maximum atomic E-state index is 10.3. The van der Waals surface area contributed by atoms with E-state index in [1.807, 2.05) is 0 Å². The van der Waals surface area contributed by atoms with Crippen LogP contribution in [0, 0.1) is 0 Å². The van der Waals surface area contributed by atoms with Crippen molar-refractivity contribution in [2.45, 2.75) is 0 Å². The van der Waals surface area contributed by atoms with Gasteiger partial charge < -0.3 is 14.0 Å². The molecule has 0 aliphatic rings. The zero-order valence-corrected chi connectivity index (χ0v) is 5.27. The van der Waals surface area contributed by atoms with Gasteiger partial charge >= 0.3 is 5.97 Å². The highest BCUT2D eigenvalue weighted by Gasteiger charge is 2.12. The molecule has 0 fully saturated rings. The average molecular weight is 153 g/mol. The molecule has 0 radical (unpaired) electrons. The Bertz CT molecular complexity index is 371. The van der Waals surface area contributed by atoms with Crippen LogP contribution >= 0.6 is 0 Å². The van der Waals surface area contributed by atoms with Crippen molar-refractivity contribution in [1.29, 1.82) is 0 Å². The first kappa shape index (κ1) is 5.96. The van der Waals surface area contributed by atoms with Crippen molar-refractivity contribution in [3.63, 3.8) is 0 Å². The minimum absolute atomic E-state index is 0.138. The maximum absolute atomic E-state index is 10.3. The third-order valence-corrected chi connectivity index (χ3v) is 1.26. The first-order chi connectivity index (χ1) is 5.27. The van der Waals surface area contributed by atoms with E-state index in [1.165, 1.54) is 12.3 Å². The van der Waals surface area contributed by atoms with Crippen molar-refractivity contribution >= 4 is 17.1 Å². The molecular weight excluding hydrogens is 150 g/mol. The summed E-state index contributed by atoms with van der Waals surface area (Å²) in [6.07, 6.45) is 1.32. The van der Waals surface area contributed by atoms with Crippen LogP contribution in [-0.2, 0) is 0 Å². The van der Waals surface area contributed by atoms with Gasteiger partial charge in [0.15, 0.2) is 5.58 Å². The van der Waals surface area contributed by atoms with Crippen molar-refractivity contribution < 1.29 is 18.8 Å². The Hall–Kier alpha value is -1.78. The highest BCUT2D eigenvalue weighted by Crippen LogP contribution is 2.17. The average Bonchev–Trinajstić information content (AvgIpc) is 2.40. The monoisotopic (exact) mass is 153 g/mol. The van der Waals surface area contributed by atoms with E-state index < -0.39 is 5.97 Å². The molecule has 0 unspecified atom stereocenters. The first-order valence-corrected chi connectivity index (χ1v) is 2.85. The van der Waals surface area contributed by atoms with E-state index in [1.54, 1.807) is 0 Å². The molecule has 0 aliphatic heterocycles. The van der Waals surface area contributed by atoms with Gasteiger partial charge in [0, 0.05) is 6.07 Å². The summed E-state index contributed by atoms with van der Waals surface area (Å²) in [6, 6.07) is 1.28. The van der Waals surface area contributed by atoms with Crippen LogP contribution < -0.4 is 0 Å². The summed E-state index contributed by atoms with van der Waals surface area (Å²) in [6.45, 7) is 0. The molecule has 0 aromatic carbocycles. The third-order valence-electron chi connectivity index (χ3n) is 1.26. The molecule has 2 aromatic rings. The van der Waals surface area contributed by atoms with Gasteiger partial charge in [-0.15, -0.1) is 0 Å². The SMILES string of the molecule is O=C(O)c1cc2oncc2o1. The summed E-state index contributed by atoms with van der Waals surface area (Å²) in [7, 11) is 0. The van der Waals surface area contributed by atoms with Gasteiger partial charge in [-0.3, -0.25) is 0 Å². The third kappa shape index (κ3) is 0.778. The number of rotatable bonds is 1. The highest BCUT2D eigenvalue weighted by molar-refractivity contribution is 5.89. The van der Waals surface area contributed by atoms with Gasteiger partial charge in [-0.05, 0) is 0 Å². The summed E-state index contributed by atoms with van der Waals surface area (Å²) in [4.78, 5) is 10.3. The van der Waals surface area contributed by atoms with E-state index in [9.17, 15) is 4.79 Å². The van der Waals surface area contributed by atoms with E-state index in [2.05, 4.69) is 9.68 Å². The number of nitrogens with zero attached hydrogens (tertiary/aromatic N) is 1. The summed E-state index contributed by atoms with van der Waals surface area (Å²) in [5.41, 5.74) is 0.699. The highest BCUT2D eigenvalue weighted by atomic mass is 16.5. The van der Waals surface area contributed by atoms with Crippen LogP contribution in [0.1, 0.15) is 10.6 Å². The van der Waals surface area contributed by atoms with Gasteiger partial charge in [0.05, 0.1) is 0 Å². The molecule has 1 N–H and O–H groups in total. The Morgan fingerprint density at radius 3 is 3.00 bits per heavy atom. The van der Waals surface area contributed by atoms with Crippen molar-refractivity contribution in [3.8, 4) is 0 Å². The van der Waals surface area contributed by atoms with Crippen LogP contribution in [-0.4, -0.2) is 16.2 Å². The number of carboxylic acid groups (broad SMARTS) is 1. The fourth-order valence-corrected chi connectivity index (χ4v) is 0.786. The molecule has 5 nitrogen and oxygen atoms in total. The first-order valence-electron chi connectivity index (χ1n) is 2.85. The van der Waals surface area contributed by atoms with Gasteiger partial charge in [0.2, 0.25) is 11.3 Å². The Morgan fingerprint density at radius 2 is 2.36 bits per heavy atom. The normalized spacial score (nSPS) is 10.5. The van der Waals surface area contributed by atoms with Gasteiger partial charge in [-0.1, -0.05) is 5.16 Å². The number of hydrogen-bond acceptors (Lipinski definition) is 4. The van der Waals surface area contributed by atoms with Crippen LogP contribution in [0.15, 0.2) is 21.2 Å². The molecule has 0 saturated heterocycles. The predicted molar refractivity (Wildman–Crippen MR) is 33.2 cm³/mol. The zero-order chi connectivity index (χ0) is 7.84. The Kier molecular flexibility index (Phi) is 1.00. The largest absolute Gasteiger partial charge is 0.475 e. The molecule has 2 heterocycles. The lowest BCUT2D eigenvalue weighted by atomic mass is 10.4. The van der Waals surface area contributed by atoms with Crippen molar-refractivity contribution in [3.05, 3.63) is 18.0 Å². The minimum Gasteiger partial charge on any atom is -0.475 e. The van der Waals surface area contributed by atoms with Crippen LogP contribution in [0.4, 0.5) is 0 Å². The smallest absolute Gasteiger partial charge is 0.371 e. The van der Waals surface area contributed by atoms with Crippen LogP contribution in [0.25, 0.3) is 11.2 Å². The van der Waals surface area contributed by atoms with E-state index in [0.717, 1.165) is 0 Å². The molecule has 11 heavy (non-hydrogen) atoms. The van der Waals surface area contributed by atoms with Crippen molar-refractivity contribution in [2.24, 2.45) is 0 Å². The van der Waals surface area contributed by atoms with Gasteiger partial charge in [0.1, 0.15) is 6.20 Å². The van der Waals surface area contributed by atoms with E-state index >= 15 is 0 Å². The molecule has 2 aromatic heterocycles. The van der Waals surface area contributed by atoms with Crippen LogP contribution in [0.5, 0.6) is 0 Å². The molecule has 2 rings (SSSR count). The number of fused-ring (bicyclic) bond motifs is 1. The van der Waals surface area contributed by atoms with E-state index in [0.29, 0.717) is 11.2 Å². The Balaban J connectivity index is 2.67. The van der Waals surface area contributed by atoms with Gasteiger partial charge in [-0.25, -0.2) is 4.79 Å². The molecule has 56 valence electrons. The van der Waals surface area contributed by atoms with E-state index in [-0.39, 0.29) is 5.76 Å². The van der Waals surface area contributed by atoms with Crippen LogP contribution in [0.3, 0.4) is 0 Å². The minimum atomic E-state index is -1.11. The summed E-state index contributed by atoms with van der Waals surface area (Å²) < 4.78 is 9.46. The van der Waals surface area contributed by atoms with Crippen molar-refractivity contribution in [1.82, 2.24) is 5.16 Å². The Morgan fingerprint density at radius 1 is 1.55 bits per heavy atom. The quantitative estimate of drug-likeness (QED) is 0.664. The maximum Gasteiger partial charge on any atom is 0.371 e. The fraction of sp³-hybridized carbons (Fsp3) is 0. The van der Waals surface area contributed by atoms with Crippen molar-refractivity contribution in [2.75, 3.05) is 0 Å². The summed E-state index contributed by atoms with van der Waals surface area (Å²) in [5, 5.41) is 11.8. The van der Waals surface area contributed by atoms with E-state index in [4.69, 9.17) is 9.52 Å². The van der Waals surface area contributed by atoms with Gasteiger partial charge in [0.25, 0.3) is 0 Å². The number of furan rings is 1. The number of aromatic nitrogens is 1. The lowest BCUT2D eigenvalue weighted by Gasteiger charge is -1.80. The second kappa shape index (κ2) is 1.85. The molecule has 5 heteroatoms. The molecule has 0 spiro atoms. The summed E-state index contributed by atoms with van der Waals surface area (Å²) >= 11 is 0. The number of aromatic carboxylic acids is 1. The fourth-order valence-electron chi connectivity index (χ4n) is 0.786. The number of carbonyl (C=O) groups is 1. The molecule has 0 aliphatic carbocycles. The number of hydrogen-bond donors (Lipinski definition) is 1. The second-order valence-electron chi connectivity index (χ2n) is 1.97. The topological polar surface area (TPSA) is 76.5 Å². The lowest BCUT2D eigenvalue weighted by Crippen LogP contribution is -1.91. The molecular formula is C6H3NO4. The molecule has 0 saturated carbocycles. The molecule has 0 bridgehead atoms. The zero-order valence-electron chi connectivity index (χ0n) is 5.27. The standard InChI is InChI=1S/C6H3NO4/c8-6(9)4-1-3-5(10-4)2-7-11-3/h1-2H,(H,8,9). The van der Waals surface area contributed by atoms with Crippen LogP contribution in [0.2, 0.25) is 0 Å². The molecule has 0 amide bonds.